The van der Waals surface area contributed by atoms with E-state index in [-0.39, 0.29) is 17.9 Å². The van der Waals surface area contributed by atoms with E-state index in [1.807, 2.05) is 6.07 Å². The predicted molar refractivity (Wildman–Crippen MR) is 104 cm³/mol. The molecule has 0 unspecified atom stereocenters. The van der Waals surface area contributed by atoms with Gasteiger partial charge in [-0.1, -0.05) is 36.0 Å². The maximum absolute atomic E-state index is 12.2. The zero-order chi connectivity index (χ0) is 21.7. The summed E-state index contributed by atoms with van der Waals surface area (Å²) in [7, 11) is 0. The number of aromatic amines is 1. The van der Waals surface area contributed by atoms with Crippen LogP contribution in [0.1, 0.15) is 11.1 Å². The lowest BCUT2D eigenvalue weighted by molar-refractivity contribution is -0.274. The Morgan fingerprint density at radius 3 is 2.30 bits per heavy atom. The smallest absolute Gasteiger partial charge is 0.489 e. The molecule has 3 aromatic rings. The van der Waals surface area contributed by atoms with Crippen LogP contribution in [0.4, 0.5) is 13.2 Å². The van der Waals surface area contributed by atoms with Crippen molar-refractivity contribution >= 4 is 11.8 Å². The van der Waals surface area contributed by atoms with Crippen LogP contribution in [0.2, 0.25) is 0 Å². The molecule has 3 rings (SSSR count). The van der Waals surface area contributed by atoms with E-state index in [2.05, 4.69) is 14.7 Å². The zero-order valence-corrected chi connectivity index (χ0v) is 16.3. The Morgan fingerprint density at radius 1 is 1.10 bits per heavy atom. The van der Waals surface area contributed by atoms with Crippen molar-refractivity contribution in [1.82, 2.24) is 9.97 Å². The number of rotatable bonds is 6. The van der Waals surface area contributed by atoms with Gasteiger partial charge in [-0.2, -0.15) is 5.26 Å². The molecule has 0 aliphatic carbocycles. The van der Waals surface area contributed by atoms with Crippen LogP contribution in [0.15, 0.2) is 58.5 Å². The molecule has 0 saturated carbocycles. The number of hydrogen-bond acceptors (Lipinski definition) is 6. The summed E-state index contributed by atoms with van der Waals surface area (Å²) in [5.74, 6) is 0.0451. The molecule has 0 radical (unpaired) electrons. The highest BCUT2D eigenvalue weighted by Gasteiger charge is 2.30. The second-order valence-corrected chi connectivity index (χ2v) is 6.71. The van der Waals surface area contributed by atoms with E-state index in [0.29, 0.717) is 22.2 Å². The third kappa shape index (κ3) is 5.33. The van der Waals surface area contributed by atoms with Gasteiger partial charge in [0, 0.05) is 5.56 Å². The maximum atomic E-state index is 12.2. The number of thioether (sulfide) groups is 1. The Balaban J connectivity index is 1.71. The molecule has 1 heterocycles. The van der Waals surface area contributed by atoms with Gasteiger partial charge in [0.2, 0.25) is 0 Å². The normalized spacial score (nSPS) is 11.0. The van der Waals surface area contributed by atoms with Gasteiger partial charge in [0.15, 0.2) is 5.16 Å². The lowest BCUT2D eigenvalue weighted by atomic mass is 10.1. The minimum absolute atomic E-state index is 0.0713. The molecule has 10 heteroatoms. The minimum atomic E-state index is -4.75. The Kier molecular flexibility index (Phi) is 6.32. The van der Waals surface area contributed by atoms with Crippen molar-refractivity contribution in [2.75, 3.05) is 6.26 Å². The highest BCUT2D eigenvalue weighted by Crippen LogP contribution is 2.26. The molecule has 0 atom stereocenters. The van der Waals surface area contributed by atoms with Crippen molar-refractivity contribution in [3.05, 3.63) is 70.0 Å². The number of aromatic nitrogens is 2. The van der Waals surface area contributed by atoms with E-state index >= 15 is 0 Å². The number of benzene rings is 2. The lowest BCUT2D eigenvalue weighted by Crippen LogP contribution is -2.16. The van der Waals surface area contributed by atoms with Gasteiger partial charge in [-0.3, -0.25) is 4.79 Å². The topological polar surface area (TPSA) is 88.0 Å². The number of nitriles is 1. The summed E-state index contributed by atoms with van der Waals surface area (Å²) in [4.78, 5) is 18.9. The van der Waals surface area contributed by atoms with Gasteiger partial charge in [0.25, 0.3) is 5.56 Å². The molecule has 154 valence electrons. The summed E-state index contributed by atoms with van der Waals surface area (Å²) >= 11 is 1.26. The van der Waals surface area contributed by atoms with Gasteiger partial charge in [0.05, 0.1) is 5.69 Å². The van der Waals surface area contributed by atoms with Crippen molar-refractivity contribution in [2.24, 2.45) is 0 Å². The first-order chi connectivity index (χ1) is 14.3. The van der Waals surface area contributed by atoms with Crippen LogP contribution < -0.4 is 15.0 Å². The summed E-state index contributed by atoms with van der Waals surface area (Å²) in [5.41, 5.74) is 1.10. The van der Waals surface area contributed by atoms with Gasteiger partial charge in [-0.15, -0.1) is 13.2 Å². The summed E-state index contributed by atoms with van der Waals surface area (Å²) in [6.07, 6.45) is -2.99. The highest BCUT2D eigenvalue weighted by atomic mass is 32.2. The number of H-pyrrole nitrogens is 1. The minimum Gasteiger partial charge on any atom is -0.489 e. The first-order valence-electron chi connectivity index (χ1n) is 8.45. The highest BCUT2D eigenvalue weighted by molar-refractivity contribution is 7.98. The van der Waals surface area contributed by atoms with Crippen LogP contribution >= 0.6 is 11.8 Å². The quantitative estimate of drug-likeness (QED) is 0.455. The van der Waals surface area contributed by atoms with Crippen LogP contribution in [0, 0.1) is 11.3 Å². The van der Waals surface area contributed by atoms with E-state index in [1.54, 1.807) is 30.5 Å². The average Bonchev–Trinajstić information content (AvgIpc) is 2.72. The molecular formula is C20H14F3N3O3S. The lowest BCUT2D eigenvalue weighted by Gasteiger charge is -2.10. The van der Waals surface area contributed by atoms with Gasteiger partial charge in [-0.05, 0) is 36.1 Å². The van der Waals surface area contributed by atoms with E-state index < -0.39 is 11.9 Å². The van der Waals surface area contributed by atoms with Crippen LogP contribution in [-0.4, -0.2) is 22.6 Å². The molecule has 0 bridgehead atoms. The zero-order valence-electron chi connectivity index (χ0n) is 15.5. The van der Waals surface area contributed by atoms with Crippen LogP contribution in [-0.2, 0) is 6.61 Å². The Morgan fingerprint density at radius 2 is 1.73 bits per heavy atom. The molecule has 2 aromatic carbocycles. The van der Waals surface area contributed by atoms with Gasteiger partial charge < -0.3 is 14.5 Å². The molecule has 6 nitrogen and oxygen atoms in total. The van der Waals surface area contributed by atoms with Gasteiger partial charge in [0.1, 0.15) is 29.7 Å². The number of halogens is 3. The maximum Gasteiger partial charge on any atom is 0.573 e. The van der Waals surface area contributed by atoms with Crippen molar-refractivity contribution in [3.63, 3.8) is 0 Å². The van der Waals surface area contributed by atoms with Gasteiger partial charge in [-0.25, -0.2) is 4.98 Å². The molecule has 0 amide bonds. The molecule has 30 heavy (non-hydrogen) atoms. The van der Waals surface area contributed by atoms with E-state index in [1.165, 1.54) is 23.9 Å². The molecule has 0 spiro atoms. The molecule has 0 saturated heterocycles. The molecule has 1 N–H and O–H groups in total. The van der Waals surface area contributed by atoms with E-state index in [0.717, 1.165) is 17.7 Å². The van der Waals surface area contributed by atoms with Crippen LogP contribution in [0.25, 0.3) is 11.3 Å². The average molecular weight is 433 g/mol. The molecule has 0 aliphatic rings. The van der Waals surface area contributed by atoms with Gasteiger partial charge >= 0.3 is 6.36 Å². The SMILES string of the molecule is CSc1nc(-c2ccc(COc3ccc(OC(F)(F)F)cc3)cc2)c(C#N)c(=O)[nH]1. The predicted octanol–water partition coefficient (Wildman–Crippen LogP) is 4.51. The molecule has 1 aromatic heterocycles. The first-order valence-corrected chi connectivity index (χ1v) is 9.68. The summed E-state index contributed by atoms with van der Waals surface area (Å²) < 4.78 is 45.9. The van der Waals surface area contributed by atoms with E-state index in [4.69, 9.17) is 4.74 Å². The Hall–Kier alpha value is -3.45. The fourth-order valence-electron chi connectivity index (χ4n) is 2.52. The van der Waals surface area contributed by atoms with E-state index in [9.17, 15) is 23.2 Å². The summed E-state index contributed by atoms with van der Waals surface area (Å²) in [6, 6.07) is 13.9. The van der Waals surface area contributed by atoms with Crippen LogP contribution in [0.5, 0.6) is 11.5 Å². The number of hydrogen-bond donors (Lipinski definition) is 1. The van der Waals surface area contributed by atoms with Crippen molar-refractivity contribution < 1.29 is 22.6 Å². The second-order valence-electron chi connectivity index (χ2n) is 5.92. The number of ether oxygens (including phenoxy) is 2. The molecule has 0 aliphatic heterocycles. The Bertz CT molecular complexity index is 1120. The largest absolute Gasteiger partial charge is 0.573 e. The summed E-state index contributed by atoms with van der Waals surface area (Å²) in [5, 5.41) is 9.67. The van der Waals surface area contributed by atoms with Crippen molar-refractivity contribution in [1.29, 1.82) is 5.26 Å². The standard InChI is InChI=1S/C20H14F3N3O3S/c1-30-19-25-17(16(10-24)18(27)26-19)13-4-2-12(3-5-13)11-28-14-6-8-15(9-7-14)29-20(21,22)23/h2-9H,11H2,1H3,(H,25,26,27). The van der Waals surface area contributed by atoms with Crippen molar-refractivity contribution in [2.45, 2.75) is 18.1 Å². The number of nitrogens with zero attached hydrogens (tertiary/aromatic N) is 2. The molecular weight excluding hydrogens is 419 g/mol. The third-order valence-electron chi connectivity index (χ3n) is 3.89. The third-order valence-corrected chi connectivity index (χ3v) is 4.47. The number of nitrogens with one attached hydrogen (secondary N) is 1. The van der Waals surface area contributed by atoms with Crippen LogP contribution in [0.3, 0.4) is 0 Å². The fourth-order valence-corrected chi connectivity index (χ4v) is 2.90. The Labute approximate surface area is 173 Å². The summed E-state index contributed by atoms with van der Waals surface area (Å²) in [6.45, 7) is 0.170. The molecule has 0 fully saturated rings. The monoisotopic (exact) mass is 433 g/mol. The fraction of sp³-hybridized carbons (Fsp3) is 0.150. The first kappa shape index (κ1) is 21.3. The number of alkyl halides is 3. The second kappa shape index (κ2) is 8.92. The van der Waals surface area contributed by atoms with Crippen molar-refractivity contribution in [3.8, 4) is 28.8 Å².